The summed E-state index contributed by atoms with van der Waals surface area (Å²) in [6.45, 7) is 3.39. The number of amides is 1. The number of nitrogens with zero attached hydrogens (tertiary/aromatic N) is 3. The standard InChI is InChI=1S/C27H27N5O3/c1-18-9-10-21(35-17-22-8-5-13-34-22)16-23(18)20-11-12-28-24(15-20)30-27(33)26-29-25(31-32-26)14-19-6-3-2-4-7-19/h2-4,6-7,9-12,15-16,22H,5,8,13-14,17H2,1H3,(H,28,30,33)(H,29,31,32). The molecule has 0 bridgehead atoms. The van der Waals surface area contributed by atoms with Crippen molar-refractivity contribution in [2.45, 2.75) is 32.3 Å². The Morgan fingerprint density at radius 1 is 1.17 bits per heavy atom. The van der Waals surface area contributed by atoms with Gasteiger partial charge in [0, 0.05) is 19.2 Å². The maximum atomic E-state index is 12.7. The molecule has 8 heteroatoms. The van der Waals surface area contributed by atoms with Gasteiger partial charge in [-0.15, -0.1) is 5.10 Å². The van der Waals surface area contributed by atoms with Gasteiger partial charge in [0.05, 0.1) is 6.10 Å². The summed E-state index contributed by atoms with van der Waals surface area (Å²) in [5.41, 5.74) is 4.12. The van der Waals surface area contributed by atoms with Crippen LogP contribution in [-0.2, 0) is 11.2 Å². The van der Waals surface area contributed by atoms with Crippen molar-refractivity contribution in [2.75, 3.05) is 18.5 Å². The minimum Gasteiger partial charge on any atom is -0.491 e. The highest BCUT2D eigenvalue weighted by Crippen LogP contribution is 2.29. The number of anilines is 1. The van der Waals surface area contributed by atoms with Gasteiger partial charge >= 0.3 is 0 Å². The first-order valence-corrected chi connectivity index (χ1v) is 11.7. The van der Waals surface area contributed by atoms with Gasteiger partial charge in [-0.1, -0.05) is 36.4 Å². The number of pyridine rings is 1. The molecule has 0 saturated carbocycles. The number of H-pyrrole nitrogens is 1. The second kappa shape index (κ2) is 10.5. The first-order chi connectivity index (χ1) is 17.1. The molecular weight excluding hydrogens is 442 g/mol. The van der Waals surface area contributed by atoms with Gasteiger partial charge in [-0.3, -0.25) is 9.89 Å². The highest BCUT2D eigenvalue weighted by Gasteiger charge is 2.17. The van der Waals surface area contributed by atoms with E-state index in [1.807, 2.05) is 67.6 Å². The van der Waals surface area contributed by atoms with Crippen LogP contribution in [0.5, 0.6) is 5.75 Å². The normalized spacial score (nSPS) is 15.2. The molecule has 2 aromatic carbocycles. The van der Waals surface area contributed by atoms with Crippen LogP contribution >= 0.6 is 0 Å². The monoisotopic (exact) mass is 469 g/mol. The summed E-state index contributed by atoms with van der Waals surface area (Å²) in [6, 6.07) is 19.6. The van der Waals surface area contributed by atoms with E-state index in [9.17, 15) is 4.79 Å². The van der Waals surface area contributed by atoms with E-state index in [0.29, 0.717) is 24.7 Å². The van der Waals surface area contributed by atoms with Crippen LogP contribution in [0.25, 0.3) is 11.1 Å². The van der Waals surface area contributed by atoms with Gasteiger partial charge in [-0.05, 0) is 66.3 Å². The maximum Gasteiger partial charge on any atom is 0.296 e. The van der Waals surface area contributed by atoms with Gasteiger partial charge in [0.1, 0.15) is 24.0 Å². The molecule has 4 aromatic rings. The van der Waals surface area contributed by atoms with E-state index in [0.717, 1.165) is 47.5 Å². The lowest BCUT2D eigenvalue weighted by Crippen LogP contribution is -2.16. The van der Waals surface area contributed by atoms with Crippen molar-refractivity contribution in [2.24, 2.45) is 0 Å². The number of aryl methyl sites for hydroxylation is 1. The van der Waals surface area contributed by atoms with Crippen LogP contribution < -0.4 is 10.1 Å². The molecule has 0 aliphatic carbocycles. The smallest absolute Gasteiger partial charge is 0.296 e. The number of carbonyl (C=O) groups excluding carboxylic acids is 1. The molecule has 0 radical (unpaired) electrons. The van der Waals surface area contributed by atoms with Crippen molar-refractivity contribution in [3.05, 3.63) is 89.6 Å². The molecule has 8 nitrogen and oxygen atoms in total. The van der Waals surface area contributed by atoms with E-state index in [1.165, 1.54) is 0 Å². The Labute approximate surface area is 203 Å². The second-order valence-corrected chi connectivity index (χ2v) is 8.57. The van der Waals surface area contributed by atoms with Crippen LogP contribution in [0, 0.1) is 6.92 Å². The van der Waals surface area contributed by atoms with Crippen LogP contribution in [-0.4, -0.2) is 45.4 Å². The molecular formula is C27H27N5O3. The Morgan fingerprint density at radius 3 is 2.89 bits per heavy atom. The first kappa shape index (κ1) is 22.7. The van der Waals surface area contributed by atoms with Crippen LogP contribution in [0.3, 0.4) is 0 Å². The van der Waals surface area contributed by atoms with Crippen molar-refractivity contribution < 1.29 is 14.3 Å². The number of carbonyl (C=O) groups is 1. The fourth-order valence-electron chi connectivity index (χ4n) is 4.07. The summed E-state index contributed by atoms with van der Waals surface area (Å²) in [5.74, 6) is 1.49. The number of aromatic nitrogens is 4. The molecule has 2 aromatic heterocycles. The number of ether oxygens (including phenoxy) is 2. The van der Waals surface area contributed by atoms with Crippen molar-refractivity contribution in [1.29, 1.82) is 0 Å². The van der Waals surface area contributed by atoms with Gasteiger partial charge in [-0.25, -0.2) is 9.97 Å². The largest absolute Gasteiger partial charge is 0.491 e. The van der Waals surface area contributed by atoms with E-state index in [2.05, 4.69) is 25.5 Å². The fraction of sp³-hybridized carbons (Fsp3) is 0.259. The molecule has 1 amide bonds. The first-order valence-electron chi connectivity index (χ1n) is 11.7. The third-order valence-electron chi connectivity index (χ3n) is 5.93. The Morgan fingerprint density at radius 2 is 2.06 bits per heavy atom. The van der Waals surface area contributed by atoms with Crippen LogP contribution in [0.4, 0.5) is 5.82 Å². The van der Waals surface area contributed by atoms with Gasteiger partial charge in [-0.2, -0.15) is 0 Å². The van der Waals surface area contributed by atoms with E-state index in [-0.39, 0.29) is 11.9 Å². The highest BCUT2D eigenvalue weighted by molar-refractivity contribution is 6.01. The van der Waals surface area contributed by atoms with Crippen molar-refractivity contribution in [3.63, 3.8) is 0 Å². The molecule has 35 heavy (non-hydrogen) atoms. The zero-order valence-electron chi connectivity index (χ0n) is 19.5. The molecule has 2 N–H and O–H groups in total. The van der Waals surface area contributed by atoms with Crippen LogP contribution in [0.2, 0.25) is 0 Å². The highest BCUT2D eigenvalue weighted by atomic mass is 16.5. The van der Waals surface area contributed by atoms with E-state index >= 15 is 0 Å². The van der Waals surface area contributed by atoms with Crippen molar-refractivity contribution in [1.82, 2.24) is 20.2 Å². The molecule has 5 rings (SSSR count). The van der Waals surface area contributed by atoms with Gasteiger partial charge in [0.2, 0.25) is 5.82 Å². The molecule has 3 heterocycles. The number of aromatic amines is 1. The van der Waals surface area contributed by atoms with Crippen molar-refractivity contribution in [3.8, 4) is 16.9 Å². The SMILES string of the molecule is Cc1ccc(OCC2CCCO2)cc1-c1ccnc(NC(=O)c2n[nH]c(Cc3ccccc3)n2)c1. The van der Waals surface area contributed by atoms with Gasteiger partial charge in [0.15, 0.2) is 0 Å². The molecule has 178 valence electrons. The lowest BCUT2D eigenvalue weighted by molar-refractivity contribution is 0.0680. The van der Waals surface area contributed by atoms with E-state index in [4.69, 9.17) is 9.47 Å². The Bertz CT molecular complexity index is 1300. The minimum atomic E-state index is -0.421. The van der Waals surface area contributed by atoms with E-state index in [1.54, 1.807) is 6.20 Å². The summed E-state index contributed by atoms with van der Waals surface area (Å²) < 4.78 is 11.6. The second-order valence-electron chi connectivity index (χ2n) is 8.57. The maximum absolute atomic E-state index is 12.7. The molecule has 0 spiro atoms. The number of hydrogen-bond donors (Lipinski definition) is 2. The predicted molar refractivity (Wildman–Crippen MR) is 132 cm³/mol. The zero-order chi connectivity index (χ0) is 24.0. The molecule has 1 fully saturated rings. The lowest BCUT2D eigenvalue weighted by atomic mass is 10.0. The summed E-state index contributed by atoms with van der Waals surface area (Å²) in [4.78, 5) is 21.4. The summed E-state index contributed by atoms with van der Waals surface area (Å²) in [6.07, 6.45) is 4.51. The Hall–Kier alpha value is -4.04. The minimum absolute atomic E-state index is 0.0730. The predicted octanol–water partition coefficient (Wildman–Crippen LogP) is 4.58. The summed E-state index contributed by atoms with van der Waals surface area (Å²) in [5, 5.41) is 9.70. The molecule has 1 atom stereocenters. The third kappa shape index (κ3) is 5.73. The average Bonchev–Trinajstić information content (AvgIpc) is 3.57. The summed E-state index contributed by atoms with van der Waals surface area (Å²) in [7, 11) is 0. The van der Waals surface area contributed by atoms with Crippen LogP contribution in [0.1, 0.15) is 40.4 Å². The summed E-state index contributed by atoms with van der Waals surface area (Å²) >= 11 is 0. The van der Waals surface area contributed by atoms with Crippen molar-refractivity contribution >= 4 is 11.7 Å². The lowest BCUT2D eigenvalue weighted by Gasteiger charge is -2.14. The molecule has 1 saturated heterocycles. The number of nitrogens with one attached hydrogen (secondary N) is 2. The number of rotatable bonds is 8. The topological polar surface area (TPSA) is 102 Å². The average molecular weight is 470 g/mol. The zero-order valence-corrected chi connectivity index (χ0v) is 19.5. The Kier molecular flexibility index (Phi) is 6.81. The molecule has 1 aliphatic heterocycles. The molecule has 1 aliphatic rings. The quantitative estimate of drug-likeness (QED) is 0.392. The number of hydrogen-bond acceptors (Lipinski definition) is 6. The van der Waals surface area contributed by atoms with E-state index < -0.39 is 5.91 Å². The van der Waals surface area contributed by atoms with Crippen LogP contribution in [0.15, 0.2) is 66.9 Å². The Balaban J connectivity index is 1.27. The fourth-order valence-corrected chi connectivity index (χ4v) is 4.07. The van der Waals surface area contributed by atoms with Gasteiger partial charge < -0.3 is 14.8 Å². The number of benzene rings is 2. The van der Waals surface area contributed by atoms with Gasteiger partial charge in [0.25, 0.3) is 5.91 Å². The molecule has 1 unspecified atom stereocenters. The third-order valence-corrected chi connectivity index (χ3v) is 5.93.